The van der Waals surface area contributed by atoms with Crippen LogP contribution in [-0.4, -0.2) is 29.1 Å². The summed E-state index contributed by atoms with van der Waals surface area (Å²) in [5, 5.41) is 5.78. The van der Waals surface area contributed by atoms with Crippen LogP contribution >= 0.6 is 34.5 Å². The molecule has 40 heavy (non-hydrogen) atoms. The van der Waals surface area contributed by atoms with Crippen molar-refractivity contribution in [1.29, 1.82) is 0 Å². The van der Waals surface area contributed by atoms with E-state index in [-0.39, 0.29) is 18.2 Å². The Hall–Kier alpha value is -3.40. The van der Waals surface area contributed by atoms with Crippen molar-refractivity contribution in [2.24, 2.45) is 0 Å². The molecule has 8 nitrogen and oxygen atoms in total. The van der Waals surface area contributed by atoms with E-state index in [0.717, 1.165) is 48.3 Å². The summed E-state index contributed by atoms with van der Waals surface area (Å²) >= 11 is 14.3. The molecule has 3 heterocycles. The van der Waals surface area contributed by atoms with Crippen LogP contribution in [0.1, 0.15) is 63.9 Å². The zero-order valence-corrected chi connectivity index (χ0v) is 24.0. The summed E-state index contributed by atoms with van der Waals surface area (Å²) in [5.41, 5.74) is 3.33. The van der Waals surface area contributed by atoms with Crippen molar-refractivity contribution in [3.05, 3.63) is 73.9 Å². The largest absolute Gasteiger partial charge is 0.489 e. The third kappa shape index (κ3) is 3.94. The Morgan fingerprint density at radius 3 is 2.62 bits per heavy atom. The van der Waals surface area contributed by atoms with E-state index in [1.165, 1.54) is 18.4 Å². The molecule has 2 fully saturated rings. The van der Waals surface area contributed by atoms with Gasteiger partial charge in [0.25, 0.3) is 0 Å². The lowest BCUT2D eigenvalue weighted by Gasteiger charge is -2.14. The molecule has 2 saturated carbocycles. The molecule has 1 amide bonds. The molecule has 1 aliphatic heterocycles. The van der Waals surface area contributed by atoms with Crippen molar-refractivity contribution in [2.75, 3.05) is 12.0 Å². The fraction of sp³-hybridized carbons (Fsp3) is 0.310. The maximum absolute atomic E-state index is 13.6. The molecule has 0 atom stereocenters. The topological polar surface area (TPSA) is 94.8 Å². The highest BCUT2D eigenvalue weighted by Gasteiger charge is 2.60. The first-order valence-corrected chi connectivity index (χ1v) is 14.5. The van der Waals surface area contributed by atoms with Gasteiger partial charge in [0.1, 0.15) is 23.8 Å². The number of esters is 1. The first kappa shape index (κ1) is 25.6. The van der Waals surface area contributed by atoms with Gasteiger partial charge in [-0.05, 0) is 68.5 Å². The van der Waals surface area contributed by atoms with Gasteiger partial charge in [-0.25, -0.2) is 9.78 Å². The summed E-state index contributed by atoms with van der Waals surface area (Å²) in [6.07, 6.45) is 3.56. The van der Waals surface area contributed by atoms with E-state index in [1.54, 1.807) is 30.0 Å². The van der Waals surface area contributed by atoms with Gasteiger partial charge in [-0.3, -0.25) is 9.69 Å². The highest BCUT2D eigenvalue weighted by Crippen LogP contribution is 2.60. The number of hydrogen-bond acceptors (Lipinski definition) is 8. The van der Waals surface area contributed by atoms with Gasteiger partial charge in [0.15, 0.2) is 10.8 Å². The SMILES string of the molecule is COC(=O)c1nc(N2C(=O)C3(CC3)c3cc(OCc4c(-c5c(Cl)cccc5Cl)noc4C4CC4)ccc32)sc1C. The lowest BCUT2D eigenvalue weighted by molar-refractivity contribution is -0.119. The molecule has 3 aliphatic rings. The quantitative estimate of drug-likeness (QED) is 0.206. The number of anilines is 2. The number of thiazole rings is 1. The molecule has 7 rings (SSSR count). The number of benzene rings is 2. The van der Waals surface area contributed by atoms with E-state index in [9.17, 15) is 9.59 Å². The molecule has 0 saturated heterocycles. The van der Waals surface area contributed by atoms with Crippen LogP contribution in [0.2, 0.25) is 10.0 Å². The molecule has 0 bridgehead atoms. The third-order valence-electron chi connectivity index (χ3n) is 7.79. The van der Waals surface area contributed by atoms with Gasteiger partial charge in [-0.2, -0.15) is 0 Å². The van der Waals surface area contributed by atoms with E-state index in [1.807, 2.05) is 18.2 Å². The number of carbonyl (C=O) groups is 2. The second-order valence-corrected chi connectivity index (χ2v) is 12.3. The van der Waals surface area contributed by atoms with E-state index in [4.69, 9.17) is 37.2 Å². The average molecular weight is 596 g/mol. The van der Waals surface area contributed by atoms with Crippen LogP contribution in [0.3, 0.4) is 0 Å². The molecule has 2 aromatic carbocycles. The van der Waals surface area contributed by atoms with Gasteiger partial charge in [0.05, 0.1) is 33.8 Å². The number of nitrogens with zero attached hydrogens (tertiary/aromatic N) is 3. The summed E-state index contributed by atoms with van der Waals surface area (Å²) in [7, 11) is 1.32. The highest BCUT2D eigenvalue weighted by atomic mass is 35.5. The smallest absolute Gasteiger partial charge is 0.357 e. The van der Waals surface area contributed by atoms with Gasteiger partial charge in [0, 0.05) is 16.4 Å². The van der Waals surface area contributed by atoms with Crippen LogP contribution in [0.15, 0.2) is 40.9 Å². The summed E-state index contributed by atoms with van der Waals surface area (Å²) in [4.78, 5) is 32.6. The van der Waals surface area contributed by atoms with Gasteiger partial charge >= 0.3 is 5.97 Å². The molecule has 0 radical (unpaired) electrons. The van der Waals surface area contributed by atoms with Crippen LogP contribution in [0.4, 0.5) is 10.8 Å². The number of ether oxygens (including phenoxy) is 2. The lowest BCUT2D eigenvalue weighted by Crippen LogP contribution is -2.27. The number of hydrogen-bond donors (Lipinski definition) is 0. The maximum atomic E-state index is 13.6. The number of carbonyl (C=O) groups excluding carboxylic acids is 2. The molecule has 2 aliphatic carbocycles. The van der Waals surface area contributed by atoms with Crippen molar-refractivity contribution in [3.63, 3.8) is 0 Å². The predicted octanol–water partition coefficient (Wildman–Crippen LogP) is 7.37. The first-order chi connectivity index (χ1) is 19.3. The minimum absolute atomic E-state index is 0.0319. The van der Waals surface area contributed by atoms with Gasteiger partial charge in [0.2, 0.25) is 5.91 Å². The van der Waals surface area contributed by atoms with Crippen LogP contribution in [-0.2, 0) is 21.6 Å². The van der Waals surface area contributed by atoms with E-state index in [0.29, 0.717) is 43.0 Å². The number of aryl methyl sites for hydroxylation is 1. The van der Waals surface area contributed by atoms with E-state index < -0.39 is 11.4 Å². The van der Waals surface area contributed by atoms with E-state index in [2.05, 4.69) is 10.1 Å². The summed E-state index contributed by atoms with van der Waals surface area (Å²) < 4.78 is 16.9. The monoisotopic (exact) mass is 595 g/mol. The number of methoxy groups -OCH3 is 1. The van der Waals surface area contributed by atoms with Gasteiger partial charge in [-0.15, -0.1) is 11.3 Å². The van der Waals surface area contributed by atoms with Crippen LogP contribution in [0.25, 0.3) is 11.3 Å². The van der Waals surface area contributed by atoms with Gasteiger partial charge < -0.3 is 14.0 Å². The normalized spacial score (nSPS) is 16.9. The van der Waals surface area contributed by atoms with Crippen LogP contribution in [0, 0.1) is 6.92 Å². The first-order valence-electron chi connectivity index (χ1n) is 12.9. The molecule has 204 valence electrons. The standard InChI is InChI=1S/C29H23Cl2N3O5S/c1-14-23(26(35)37-2)32-28(40-14)34-21-9-8-16(12-18(21)29(10-11-29)27(34)36)38-13-17-24(33-39-25(17)15-6-7-15)22-19(30)4-3-5-20(22)31/h3-5,8-9,12,15H,6-7,10-11,13H2,1-2H3. The molecule has 0 N–H and O–H groups in total. The Morgan fingerprint density at radius 1 is 1.20 bits per heavy atom. The number of rotatable bonds is 7. The molecule has 2 aromatic heterocycles. The van der Waals surface area contributed by atoms with Crippen molar-refractivity contribution >= 4 is 57.2 Å². The highest BCUT2D eigenvalue weighted by molar-refractivity contribution is 7.16. The number of amides is 1. The van der Waals surface area contributed by atoms with Gasteiger partial charge in [-0.1, -0.05) is 34.4 Å². The fourth-order valence-electron chi connectivity index (χ4n) is 5.39. The van der Waals surface area contributed by atoms with Crippen LogP contribution in [0.5, 0.6) is 5.75 Å². The van der Waals surface area contributed by atoms with Crippen molar-refractivity contribution in [2.45, 2.75) is 50.5 Å². The van der Waals surface area contributed by atoms with Crippen molar-refractivity contribution in [3.8, 4) is 17.0 Å². The van der Waals surface area contributed by atoms with Crippen LogP contribution < -0.4 is 9.64 Å². The number of fused-ring (bicyclic) bond motifs is 2. The third-order valence-corrected chi connectivity index (χ3v) is 9.38. The Morgan fingerprint density at radius 2 is 1.95 bits per heavy atom. The maximum Gasteiger partial charge on any atom is 0.357 e. The average Bonchev–Trinajstić information content (AvgIpc) is 3.85. The Bertz CT molecular complexity index is 1690. The molecule has 0 unspecified atom stereocenters. The summed E-state index contributed by atoms with van der Waals surface area (Å²) in [6, 6.07) is 11.0. The number of halogens is 2. The zero-order valence-electron chi connectivity index (χ0n) is 21.6. The Labute approximate surface area is 243 Å². The van der Waals surface area contributed by atoms with Crippen molar-refractivity contribution < 1.29 is 23.6 Å². The second kappa shape index (κ2) is 9.33. The molecular formula is C29H23Cl2N3O5S. The molecular weight excluding hydrogens is 573 g/mol. The zero-order chi connectivity index (χ0) is 27.8. The number of aromatic nitrogens is 2. The van der Waals surface area contributed by atoms with Crippen molar-refractivity contribution in [1.82, 2.24) is 10.1 Å². The minimum Gasteiger partial charge on any atom is -0.489 e. The molecule has 11 heteroatoms. The molecule has 1 spiro atoms. The Kier molecular flexibility index (Phi) is 5.96. The minimum atomic E-state index is -0.591. The molecule has 4 aromatic rings. The predicted molar refractivity (Wildman–Crippen MR) is 151 cm³/mol. The fourth-order valence-corrected chi connectivity index (χ4v) is 6.87. The second-order valence-electron chi connectivity index (χ2n) is 10.3. The van der Waals surface area contributed by atoms with E-state index >= 15 is 0 Å². The Balaban J connectivity index is 1.21. The summed E-state index contributed by atoms with van der Waals surface area (Å²) in [6.45, 7) is 2.01. The lowest BCUT2D eigenvalue weighted by atomic mass is 9.98. The summed E-state index contributed by atoms with van der Waals surface area (Å²) in [5.74, 6) is 1.18.